The van der Waals surface area contributed by atoms with Gasteiger partial charge in [-0.1, -0.05) is 0 Å². The largest absolute Gasteiger partial charge is 0.384 e. The van der Waals surface area contributed by atoms with E-state index in [0.29, 0.717) is 5.82 Å². The normalized spacial score (nSPS) is 8.67. The maximum Gasteiger partial charge on any atom is 0.266 e. The summed E-state index contributed by atoms with van der Waals surface area (Å²) in [6.45, 7) is 0. The summed E-state index contributed by atoms with van der Waals surface area (Å²) in [5, 5.41) is 4.67. The highest BCUT2D eigenvalue weighted by atomic mass is 16.1. The Kier molecular flexibility index (Phi) is 2.78. The van der Waals surface area contributed by atoms with E-state index in [1.165, 1.54) is 6.07 Å². The van der Waals surface area contributed by atoms with Crippen LogP contribution >= 0.6 is 0 Å². The summed E-state index contributed by atoms with van der Waals surface area (Å²) in [6, 6.07) is 5.17. The molecule has 0 atom stereocenters. The van der Waals surface area contributed by atoms with Crippen molar-refractivity contribution in [2.75, 3.05) is 5.73 Å². The molecule has 2 aromatic heterocycles. The average Bonchev–Trinajstić information content (AvgIpc) is 2.63. The van der Waals surface area contributed by atoms with Gasteiger partial charge in [-0.15, -0.1) is 0 Å². The fourth-order valence-corrected chi connectivity index (χ4v) is 0.625. The number of anilines is 1. The number of aromatic nitrogens is 3. The smallest absolute Gasteiger partial charge is 0.266 e. The lowest BCUT2D eigenvalue weighted by atomic mass is 10.7. The third-order valence-electron chi connectivity index (χ3n) is 1.11. The molecule has 0 saturated carbocycles. The van der Waals surface area contributed by atoms with Crippen LogP contribution < -0.4 is 11.3 Å². The van der Waals surface area contributed by atoms with Crippen LogP contribution in [0.2, 0.25) is 0 Å². The van der Waals surface area contributed by atoms with Crippen LogP contribution in [0.15, 0.2) is 35.4 Å². The maximum absolute atomic E-state index is 10.1. The van der Waals surface area contributed by atoms with Crippen LogP contribution in [-0.4, -0.2) is 15.2 Å². The topological polar surface area (TPSA) is 90.5 Å². The molecule has 5 heteroatoms. The van der Waals surface area contributed by atoms with Gasteiger partial charge in [0.15, 0.2) is 0 Å². The van der Waals surface area contributed by atoms with E-state index in [9.17, 15) is 4.79 Å². The highest BCUT2D eigenvalue weighted by molar-refractivity contribution is 5.22. The summed E-state index contributed by atoms with van der Waals surface area (Å²) in [5.74, 6) is 0.366. The van der Waals surface area contributed by atoms with Crippen LogP contribution in [0.5, 0.6) is 0 Å². The maximum atomic E-state index is 10.1. The van der Waals surface area contributed by atoms with Gasteiger partial charge in [-0.2, -0.15) is 0 Å². The summed E-state index contributed by atoms with van der Waals surface area (Å²) >= 11 is 0. The van der Waals surface area contributed by atoms with E-state index in [2.05, 4.69) is 15.2 Å². The minimum absolute atomic E-state index is 0.197. The van der Waals surface area contributed by atoms with Crippen molar-refractivity contribution in [2.24, 2.45) is 0 Å². The minimum atomic E-state index is -0.197. The first-order chi connectivity index (χ1) is 5.79. The van der Waals surface area contributed by atoms with Crippen LogP contribution in [0.3, 0.4) is 0 Å². The van der Waals surface area contributed by atoms with Gasteiger partial charge in [-0.3, -0.25) is 15.0 Å². The van der Waals surface area contributed by atoms with Gasteiger partial charge in [-0.05, 0) is 12.1 Å². The van der Waals surface area contributed by atoms with Crippen molar-refractivity contribution in [1.82, 2.24) is 15.2 Å². The number of nitrogen functional groups attached to an aromatic ring is 1. The Bertz CT molecular complexity index is 328. The predicted molar refractivity (Wildman–Crippen MR) is 46.6 cm³/mol. The summed E-state index contributed by atoms with van der Waals surface area (Å²) in [4.78, 5) is 13.0. The van der Waals surface area contributed by atoms with Crippen LogP contribution in [0, 0.1) is 0 Å². The summed E-state index contributed by atoms with van der Waals surface area (Å²) in [6.07, 6.45) is 3.75. The van der Waals surface area contributed by atoms with Gasteiger partial charge in [0.1, 0.15) is 5.82 Å². The molecule has 0 spiro atoms. The number of hydrogen-bond acceptors (Lipinski definition) is 2. The van der Waals surface area contributed by atoms with Crippen LogP contribution in [0.1, 0.15) is 0 Å². The van der Waals surface area contributed by atoms with Gasteiger partial charge < -0.3 is 10.7 Å². The number of nitrogens with one attached hydrogen (secondary N) is 3. The fourth-order valence-electron chi connectivity index (χ4n) is 0.625. The van der Waals surface area contributed by atoms with Gasteiger partial charge in [0.25, 0.3) is 5.56 Å². The molecule has 0 saturated heterocycles. The first-order valence-electron chi connectivity index (χ1n) is 3.40. The molecular formula is C7H10N4O. The van der Waals surface area contributed by atoms with Crippen molar-refractivity contribution < 1.29 is 0 Å². The lowest BCUT2D eigenvalue weighted by Crippen LogP contribution is -1.93. The van der Waals surface area contributed by atoms with Crippen molar-refractivity contribution in [2.45, 2.75) is 0 Å². The Morgan fingerprint density at radius 2 is 1.83 bits per heavy atom. The second-order valence-corrected chi connectivity index (χ2v) is 2.10. The Labute approximate surface area is 68.6 Å². The molecule has 0 aliphatic carbocycles. The van der Waals surface area contributed by atoms with Crippen molar-refractivity contribution >= 4 is 5.82 Å². The van der Waals surface area contributed by atoms with Gasteiger partial charge in [0, 0.05) is 18.5 Å². The van der Waals surface area contributed by atoms with Crippen LogP contribution in [0.4, 0.5) is 5.82 Å². The standard InChI is InChI=1S/C4H5N.C3H5N3O/c1-2-4-5-3-1;4-2-1-3(7)6-5-2/h1-5H;1H,(H4,4,5,6,7). The van der Waals surface area contributed by atoms with Gasteiger partial charge in [-0.25, -0.2) is 0 Å². The van der Waals surface area contributed by atoms with Gasteiger partial charge in [0.2, 0.25) is 0 Å². The lowest BCUT2D eigenvalue weighted by molar-refractivity contribution is 1.06. The number of rotatable bonds is 0. The monoisotopic (exact) mass is 166 g/mol. The zero-order valence-electron chi connectivity index (χ0n) is 6.37. The Morgan fingerprint density at radius 1 is 1.17 bits per heavy atom. The van der Waals surface area contributed by atoms with E-state index in [4.69, 9.17) is 5.73 Å². The first-order valence-corrected chi connectivity index (χ1v) is 3.40. The summed E-state index contributed by atoms with van der Waals surface area (Å²) in [7, 11) is 0. The zero-order chi connectivity index (χ0) is 8.81. The molecule has 0 bridgehead atoms. The second kappa shape index (κ2) is 4.07. The predicted octanol–water partition coefficient (Wildman–Crippen LogP) is 0.300. The second-order valence-electron chi connectivity index (χ2n) is 2.10. The van der Waals surface area contributed by atoms with Gasteiger partial charge >= 0.3 is 0 Å². The van der Waals surface area contributed by atoms with E-state index in [0.717, 1.165) is 0 Å². The molecule has 0 unspecified atom stereocenters. The van der Waals surface area contributed by atoms with E-state index < -0.39 is 0 Å². The van der Waals surface area contributed by atoms with Crippen LogP contribution in [-0.2, 0) is 0 Å². The van der Waals surface area contributed by atoms with Gasteiger partial charge in [0.05, 0.1) is 0 Å². The Hall–Kier alpha value is -1.91. The average molecular weight is 166 g/mol. The SMILES string of the molecule is Nc1cc(=O)[nH][nH]1.c1cc[nH]c1. The third-order valence-corrected chi connectivity index (χ3v) is 1.11. The van der Waals surface area contributed by atoms with Crippen molar-refractivity contribution in [3.8, 4) is 0 Å². The molecule has 0 amide bonds. The molecule has 0 aromatic carbocycles. The number of aromatic amines is 3. The highest BCUT2D eigenvalue weighted by Crippen LogP contribution is 1.80. The molecule has 0 aliphatic rings. The molecule has 0 aliphatic heterocycles. The molecule has 2 aromatic rings. The molecule has 0 fully saturated rings. The van der Waals surface area contributed by atoms with Crippen molar-refractivity contribution in [3.63, 3.8) is 0 Å². The molecular weight excluding hydrogens is 156 g/mol. The third kappa shape index (κ3) is 2.78. The Morgan fingerprint density at radius 3 is 2.00 bits per heavy atom. The van der Waals surface area contributed by atoms with Crippen LogP contribution in [0.25, 0.3) is 0 Å². The number of hydrogen-bond donors (Lipinski definition) is 4. The number of H-pyrrole nitrogens is 3. The van der Waals surface area contributed by atoms with Crippen molar-refractivity contribution in [3.05, 3.63) is 40.9 Å². The molecule has 64 valence electrons. The first kappa shape index (κ1) is 8.19. The van der Waals surface area contributed by atoms with Crippen molar-refractivity contribution in [1.29, 1.82) is 0 Å². The fraction of sp³-hybridized carbons (Fsp3) is 0. The Balaban J connectivity index is 0.000000127. The molecule has 0 radical (unpaired) electrons. The van der Waals surface area contributed by atoms with E-state index in [1.54, 1.807) is 0 Å². The van der Waals surface area contributed by atoms with E-state index in [1.807, 2.05) is 24.5 Å². The number of nitrogens with two attached hydrogens (primary N) is 1. The lowest BCUT2D eigenvalue weighted by Gasteiger charge is -1.71. The minimum Gasteiger partial charge on any atom is -0.384 e. The quantitative estimate of drug-likeness (QED) is 0.453. The van der Waals surface area contributed by atoms with E-state index in [-0.39, 0.29) is 5.56 Å². The molecule has 2 rings (SSSR count). The highest BCUT2D eigenvalue weighted by Gasteiger charge is 1.82. The zero-order valence-corrected chi connectivity index (χ0v) is 6.37. The molecule has 2 heterocycles. The van der Waals surface area contributed by atoms with E-state index >= 15 is 0 Å². The molecule has 5 N–H and O–H groups in total. The summed E-state index contributed by atoms with van der Waals surface area (Å²) in [5.41, 5.74) is 4.90. The summed E-state index contributed by atoms with van der Waals surface area (Å²) < 4.78 is 0. The molecule has 12 heavy (non-hydrogen) atoms. The molecule has 5 nitrogen and oxygen atoms in total.